The number of rotatable bonds is 13. The minimum absolute atomic E-state index is 0.374. The molecule has 0 fully saturated rings. The van der Waals surface area contributed by atoms with Gasteiger partial charge in [0.05, 0.1) is 12.2 Å². The van der Waals surface area contributed by atoms with Crippen LogP contribution < -0.4 is 4.74 Å². The number of benzene rings is 2. The smallest absolute Gasteiger partial charge is 0.338 e. The normalized spacial score (nSPS) is 11.2. The average Bonchev–Trinajstić information content (AvgIpc) is 2.83. The second kappa shape index (κ2) is 14.9. The first kappa shape index (κ1) is 26.2. The standard InChI is InChI=1S/C29H36O4/c1-4-6-8-10-22-32-27-20-16-25(17-21-27)13-12-24-14-18-26(19-15-24)29(31)33-23(3)28(30)11-9-7-5-2/h14-21,23H,4-8,10,12-13,22H2,1-3H3. The van der Waals surface area contributed by atoms with E-state index in [0.717, 1.165) is 43.6 Å². The molecule has 0 saturated carbocycles. The molecule has 2 rings (SSSR count). The molecule has 0 saturated heterocycles. The first-order valence-corrected chi connectivity index (χ1v) is 12.1. The molecule has 4 nitrogen and oxygen atoms in total. The van der Waals surface area contributed by atoms with Gasteiger partial charge in [-0.1, -0.05) is 63.3 Å². The van der Waals surface area contributed by atoms with Crippen LogP contribution in [0.2, 0.25) is 0 Å². The van der Waals surface area contributed by atoms with E-state index < -0.39 is 12.1 Å². The van der Waals surface area contributed by atoms with Crippen LogP contribution in [0.5, 0.6) is 5.75 Å². The molecule has 1 unspecified atom stereocenters. The van der Waals surface area contributed by atoms with Gasteiger partial charge in [-0.2, -0.15) is 0 Å². The van der Waals surface area contributed by atoms with Gasteiger partial charge in [0, 0.05) is 6.42 Å². The third-order valence-corrected chi connectivity index (χ3v) is 5.32. The highest BCUT2D eigenvalue weighted by atomic mass is 16.5. The molecule has 1 atom stereocenters. The number of aryl methyl sites for hydroxylation is 2. The average molecular weight is 449 g/mol. The van der Waals surface area contributed by atoms with Gasteiger partial charge >= 0.3 is 5.97 Å². The van der Waals surface area contributed by atoms with E-state index in [4.69, 9.17) is 9.47 Å². The monoisotopic (exact) mass is 448 g/mol. The van der Waals surface area contributed by atoms with Gasteiger partial charge in [-0.3, -0.25) is 4.79 Å². The van der Waals surface area contributed by atoms with Crippen LogP contribution in [0, 0.1) is 11.8 Å². The van der Waals surface area contributed by atoms with Gasteiger partial charge in [-0.25, -0.2) is 4.79 Å². The SMILES string of the molecule is CCCC#CC(=O)C(C)OC(=O)c1ccc(CCc2ccc(OCCCCCC)cc2)cc1. The topological polar surface area (TPSA) is 52.6 Å². The van der Waals surface area contributed by atoms with E-state index in [1.165, 1.54) is 24.8 Å². The Morgan fingerprint density at radius 3 is 2.09 bits per heavy atom. The molecular weight excluding hydrogens is 412 g/mol. The van der Waals surface area contributed by atoms with Crippen molar-refractivity contribution in [2.45, 2.75) is 78.2 Å². The Balaban J connectivity index is 1.78. The van der Waals surface area contributed by atoms with Crippen LogP contribution in [-0.2, 0) is 22.4 Å². The lowest BCUT2D eigenvalue weighted by atomic mass is 10.0. The Hall–Kier alpha value is -3.06. The van der Waals surface area contributed by atoms with Crippen molar-refractivity contribution in [1.29, 1.82) is 0 Å². The minimum Gasteiger partial charge on any atom is -0.494 e. The number of hydrogen-bond acceptors (Lipinski definition) is 4. The van der Waals surface area contributed by atoms with E-state index in [9.17, 15) is 9.59 Å². The minimum atomic E-state index is -0.871. The van der Waals surface area contributed by atoms with Crippen LogP contribution in [0.1, 0.15) is 80.8 Å². The molecule has 0 spiro atoms. The number of ketones is 1. The largest absolute Gasteiger partial charge is 0.494 e. The molecular formula is C29H36O4. The molecule has 2 aromatic carbocycles. The third kappa shape index (κ3) is 9.95. The van der Waals surface area contributed by atoms with Gasteiger partial charge in [-0.05, 0) is 73.9 Å². The third-order valence-electron chi connectivity index (χ3n) is 5.32. The zero-order valence-corrected chi connectivity index (χ0v) is 20.2. The van der Waals surface area contributed by atoms with Gasteiger partial charge in [0.1, 0.15) is 5.75 Å². The fourth-order valence-corrected chi connectivity index (χ4v) is 3.23. The van der Waals surface area contributed by atoms with Crippen molar-refractivity contribution in [3.05, 3.63) is 65.2 Å². The quantitative estimate of drug-likeness (QED) is 0.155. The number of hydrogen-bond donors (Lipinski definition) is 0. The Morgan fingerprint density at radius 2 is 1.48 bits per heavy atom. The van der Waals surface area contributed by atoms with E-state index in [1.807, 2.05) is 31.2 Å². The van der Waals surface area contributed by atoms with E-state index in [-0.39, 0.29) is 5.78 Å². The molecule has 0 heterocycles. The summed E-state index contributed by atoms with van der Waals surface area (Å²) in [6.07, 6.45) is 7.26. The maximum absolute atomic E-state index is 12.3. The highest BCUT2D eigenvalue weighted by Gasteiger charge is 2.17. The van der Waals surface area contributed by atoms with Crippen LogP contribution >= 0.6 is 0 Å². The van der Waals surface area contributed by atoms with Crippen molar-refractivity contribution in [1.82, 2.24) is 0 Å². The second-order valence-electron chi connectivity index (χ2n) is 8.21. The maximum atomic E-state index is 12.3. The van der Waals surface area contributed by atoms with E-state index in [0.29, 0.717) is 12.0 Å². The molecule has 0 aliphatic rings. The molecule has 0 aliphatic heterocycles. The molecule has 0 aliphatic carbocycles. The van der Waals surface area contributed by atoms with Crippen molar-refractivity contribution in [3.8, 4) is 17.6 Å². The summed E-state index contributed by atoms with van der Waals surface area (Å²) >= 11 is 0. The molecule has 0 radical (unpaired) electrons. The Labute approximate surface area is 198 Å². The summed E-state index contributed by atoms with van der Waals surface area (Å²) in [4.78, 5) is 24.2. The summed E-state index contributed by atoms with van der Waals surface area (Å²) in [5.41, 5.74) is 2.81. The van der Waals surface area contributed by atoms with Crippen molar-refractivity contribution in [2.24, 2.45) is 0 Å². The highest BCUT2D eigenvalue weighted by molar-refractivity contribution is 6.01. The predicted octanol–water partition coefficient (Wildman–Crippen LogP) is 6.35. The molecule has 176 valence electrons. The lowest BCUT2D eigenvalue weighted by Gasteiger charge is -2.10. The fourth-order valence-electron chi connectivity index (χ4n) is 3.23. The van der Waals surface area contributed by atoms with Gasteiger partial charge < -0.3 is 9.47 Å². The molecule has 4 heteroatoms. The molecule has 0 amide bonds. The summed E-state index contributed by atoms with van der Waals surface area (Å²) in [7, 11) is 0. The van der Waals surface area contributed by atoms with Crippen LogP contribution in [0.4, 0.5) is 0 Å². The van der Waals surface area contributed by atoms with Crippen molar-refractivity contribution in [3.63, 3.8) is 0 Å². The highest BCUT2D eigenvalue weighted by Crippen LogP contribution is 2.16. The van der Waals surface area contributed by atoms with E-state index in [2.05, 4.69) is 30.9 Å². The summed E-state index contributed by atoms with van der Waals surface area (Å²) in [5.74, 6) is 5.35. The zero-order valence-electron chi connectivity index (χ0n) is 20.2. The fraction of sp³-hybridized carbons (Fsp3) is 0.448. The second-order valence-corrected chi connectivity index (χ2v) is 8.21. The van der Waals surface area contributed by atoms with E-state index in [1.54, 1.807) is 19.1 Å². The van der Waals surface area contributed by atoms with Crippen molar-refractivity contribution < 1.29 is 19.1 Å². The molecule has 2 aromatic rings. The summed E-state index contributed by atoms with van der Waals surface area (Å²) in [6.45, 7) is 6.53. The molecule has 0 bridgehead atoms. The number of unbranched alkanes of at least 4 members (excludes halogenated alkanes) is 4. The molecule has 0 N–H and O–H groups in total. The molecule has 33 heavy (non-hydrogen) atoms. The van der Waals surface area contributed by atoms with Crippen molar-refractivity contribution >= 4 is 11.8 Å². The number of carbonyl (C=O) groups excluding carboxylic acids is 2. The summed E-state index contributed by atoms with van der Waals surface area (Å²) in [6, 6.07) is 15.6. The predicted molar refractivity (Wildman–Crippen MR) is 132 cm³/mol. The number of ether oxygens (including phenoxy) is 2. The first-order valence-electron chi connectivity index (χ1n) is 12.1. The lowest BCUT2D eigenvalue weighted by molar-refractivity contribution is -0.121. The van der Waals surface area contributed by atoms with Gasteiger partial charge in [-0.15, -0.1) is 0 Å². The van der Waals surface area contributed by atoms with Crippen LogP contribution in [-0.4, -0.2) is 24.5 Å². The maximum Gasteiger partial charge on any atom is 0.338 e. The van der Waals surface area contributed by atoms with Crippen LogP contribution in [0.15, 0.2) is 48.5 Å². The zero-order chi connectivity index (χ0) is 23.9. The van der Waals surface area contributed by atoms with Crippen molar-refractivity contribution in [2.75, 3.05) is 6.61 Å². The van der Waals surface area contributed by atoms with Gasteiger partial charge in [0.15, 0.2) is 6.10 Å². The van der Waals surface area contributed by atoms with E-state index >= 15 is 0 Å². The lowest BCUT2D eigenvalue weighted by Crippen LogP contribution is -2.23. The first-order chi connectivity index (χ1) is 16.0. The summed E-state index contributed by atoms with van der Waals surface area (Å²) < 4.78 is 11.1. The number of Topliss-reactive ketones (excluding diaryl/α,β-unsaturated/α-hetero) is 1. The number of esters is 1. The van der Waals surface area contributed by atoms with Crippen LogP contribution in [0.3, 0.4) is 0 Å². The number of carbonyl (C=O) groups is 2. The van der Waals surface area contributed by atoms with Crippen LogP contribution in [0.25, 0.3) is 0 Å². The summed E-state index contributed by atoms with van der Waals surface area (Å²) in [5, 5.41) is 0. The Kier molecular flexibility index (Phi) is 11.8. The Bertz CT molecular complexity index is 917. The van der Waals surface area contributed by atoms with Gasteiger partial charge in [0.2, 0.25) is 5.78 Å². The Morgan fingerprint density at radius 1 is 0.848 bits per heavy atom. The van der Waals surface area contributed by atoms with Gasteiger partial charge in [0.25, 0.3) is 0 Å². The molecule has 0 aromatic heterocycles.